The van der Waals surface area contributed by atoms with Crippen LogP contribution in [0.1, 0.15) is 33.0 Å². The Morgan fingerprint density at radius 1 is 1.15 bits per heavy atom. The molecule has 1 aromatic carbocycles. The average molecular weight is 372 g/mol. The summed E-state index contributed by atoms with van der Waals surface area (Å²) in [4.78, 5) is 21.9. The van der Waals surface area contributed by atoms with Crippen LogP contribution in [0, 0.1) is 27.7 Å². The highest BCUT2D eigenvalue weighted by atomic mass is 32.1. The Kier molecular flexibility index (Phi) is 5.16. The molecule has 0 fully saturated rings. The molecule has 2 aromatic heterocycles. The van der Waals surface area contributed by atoms with Crippen LogP contribution in [0.3, 0.4) is 0 Å². The predicted octanol–water partition coefficient (Wildman–Crippen LogP) is 4.33. The minimum atomic E-state index is -0.0605. The quantitative estimate of drug-likeness (QED) is 0.670. The van der Waals surface area contributed by atoms with Gasteiger partial charge in [-0.3, -0.25) is 9.69 Å². The first-order valence-corrected chi connectivity index (χ1v) is 9.50. The number of fused-ring (bicyclic) bond motifs is 1. The third-order valence-corrected chi connectivity index (χ3v) is 5.64. The molecule has 0 unspecified atom stereocenters. The summed E-state index contributed by atoms with van der Waals surface area (Å²) in [6, 6.07) is 6.00. The molecular formula is C20H25N3O2S. The summed E-state index contributed by atoms with van der Waals surface area (Å²) in [5.74, 6) is 1.33. The number of hydrogen-bond donors (Lipinski definition) is 0. The lowest BCUT2D eigenvalue weighted by Gasteiger charge is -2.21. The number of likely N-dealkylation sites (N-methyl/N-ethyl adjacent to an activating group) is 1. The van der Waals surface area contributed by atoms with Gasteiger partial charge in [0, 0.05) is 13.1 Å². The van der Waals surface area contributed by atoms with E-state index in [1.165, 1.54) is 11.1 Å². The number of carbonyl (C=O) groups is 1. The number of carbonyl (C=O) groups excluding carboxylic acids is 1. The Morgan fingerprint density at radius 2 is 1.88 bits per heavy atom. The van der Waals surface area contributed by atoms with E-state index in [1.54, 1.807) is 16.2 Å². The Bertz CT molecular complexity index is 956. The van der Waals surface area contributed by atoms with E-state index < -0.39 is 0 Å². The normalized spacial score (nSPS) is 11.5. The second-order valence-corrected chi connectivity index (χ2v) is 7.95. The summed E-state index contributed by atoms with van der Waals surface area (Å²) in [5, 5.41) is 0.735. The monoisotopic (exact) mass is 371 g/mol. The molecule has 0 aliphatic carbocycles. The van der Waals surface area contributed by atoms with Gasteiger partial charge in [-0.15, -0.1) is 0 Å². The van der Waals surface area contributed by atoms with Gasteiger partial charge in [-0.2, -0.15) is 0 Å². The van der Waals surface area contributed by atoms with Crippen molar-refractivity contribution < 1.29 is 9.21 Å². The summed E-state index contributed by atoms with van der Waals surface area (Å²) >= 11 is 1.56. The van der Waals surface area contributed by atoms with Gasteiger partial charge in [-0.05, 0) is 65.0 Å². The zero-order valence-electron chi connectivity index (χ0n) is 16.2. The first kappa shape index (κ1) is 18.6. The third-order valence-electron chi connectivity index (χ3n) is 4.59. The lowest BCUT2D eigenvalue weighted by Crippen LogP contribution is -2.36. The maximum absolute atomic E-state index is 13.2. The molecule has 0 saturated carbocycles. The largest absolute Gasteiger partial charge is 0.466 e. The number of thiazole rings is 1. The number of benzene rings is 1. The summed E-state index contributed by atoms with van der Waals surface area (Å²) in [5.41, 5.74) is 3.96. The average Bonchev–Trinajstić information content (AvgIpc) is 3.14. The van der Waals surface area contributed by atoms with Gasteiger partial charge in [0.1, 0.15) is 11.5 Å². The van der Waals surface area contributed by atoms with Gasteiger partial charge < -0.3 is 9.32 Å². The summed E-state index contributed by atoms with van der Waals surface area (Å²) < 4.78 is 6.67. The highest BCUT2D eigenvalue weighted by molar-refractivity contribution is 7.22. The second kappa shape index (κ2) is 7.21. The summed E-state index contributed by atoms with van der Waals surface area (Å²) in [6.07, 6.45) is 0. The Balaban J connectivity index is 2.05. The number of amides is 1. The van der Waals surface area contributed by atoms with Gasteiger partial charge in [-0.25, -0.2) is 4.98 Å². The Morgan fingerprint density at radius 3 is 2.50 bits per heavy atom. The van der Waals surface area contributed by atoms with Crippen molar-refractivity contribution in [1.82, 2.24) is 9.88 Å². The standard InChI is InChI=1S/C20H25N3O2S/c1-12-7-8-17-18(14(12)3)21-20(26-17)23(10-9-22(5)6)19(24)16-11-13(2)25-15(16)4/h7-8,11H,9-10H2,1-6H3. The van der Waals surface area contributed by atoms with Crippen molar-refractivity contribution in [1.29, 1.82) is 0 Å². The van der Waals surface area contributed by atoms with E-state index in [4.69, 9.17) is 9.40 Å². The minimum Gasteiger partial charge on any atom is -0.466 e. The molecule has 138 valence electrons. The van der Waals surface area contributed by atoms with Crippen LogP contribution in [0.5, 0.6) is 0 Å². The minimum absolute atomic E-state index is 0.0605. The number of anilines is 1. The maximum Gasteiger partial charge on any atom is 0.263 e. The zero-order chi connectivity index (χ0) is 19.0. The summed E-state index contributed by atoms with van der Waals surface area (Å²) in [6.45, 7) is 9.19. The number of aromatic nitrogens is 1. The molecule has 0 atom stereocenters. The first-order valence-electron chi connectivity index (χ1n) is 8.68. The molecule has 0 aliphatic rings. The van der Waals surface area contributed by atoms with E-state index in [9.17, 15) is 4.79 Å². The second-order valence-electron chi connectivity index (χ2n) is 6.94. The molecule has 1 amide bonds. The molecule has 0 bridgehead atoms. The number of furan rings is 1. The van der Waals surface area contributed by atoms with E-state index in [0.29, 0.717) is 17.9 Å². The van der Waals surface area contributed by atoms with Crippen molar-refractivity contribution in [3.8, 4) is 0 Å². The summed E-state index contributed by atoms with van der Waals surface area (Å²) in [7, 11) is 4.00. The lowest BCUT2D eigenvalue weighted by molar-refractivity contribution is 0.0983. The smallest absolute Gasteiger partial charge is 0.263 e. The van der Waals surface area contributed by atoms with Gasteiger partial charge in [0.25, 0.3) is 5.91 Å². The molecular weight excluding hydrogens is 346 g/mol. The van der Waals surface area contributed by atoms with Crippen LogP contribution in [0.25, 0.3) is 10.2 Å². The molecule has 0 saturated heterocycles. The molecule has 2 heterocycles. The van der Waals surface area contributed by atoms with Crippen molar-refractivity contribution >= 4 is 32.6 Å². The fourth-order valence-electron chi connectivity index (χ4n) is 2.90. The van der Waals surface area contributed by atoms with Crippen LogP contribution in [-0.2, 0) is 0 Å². The van der Waals surface area contributed by atoms with Crippen molar-refractivity contribution in [2.24, 2.45) is 0 Å². The molecule has 5 nitrogen and oxygen atoms in total. The van der Waals surface area contributed by atoms with Crippen molar-refractivity contribution in [2.45, 2.75) is 27.7 Å². The molecule has 0 N–H and O–H groups in total. The van der Waals surface area contributed by atoms with E-state index in [0.717, 1.165) is 27.7 Å². The third kappa shape index (κ3) is 3.52. The van der Waals surface area contributed by atoms with Crippen molar-refractivity contribution in [3.05, 3.63) is 46.4 Å². The highest BCUT2D eigenvalue weighted by Gasteiger charge is 2.25. The first-order chi connectivity index (χ1) is 12.3. The Hall–Kier alpha value is -2.18. The van der Waals surface area contributed by atoms with Crippen molar-refractivity contribution in [2.75, 3.05) is 32.1 Å². The fraction of sp³-hybridized carbons (Fsp3) is 0.400. The number of hydrogen-bond acceptors (Lipinski definition) is 5. The van der Waals surface area contributed by atoms with Crippen LogP contribution < -0.4 is 4.90 Å². The molecule has 6 heteroatoms. The molecule has 3 rings (SSSR count). The highest BCUT2D eigenvalue weighted by Crippen LogP contribution is 2.33. The lowest BCUT2D eigenvalue weighted by atomic mass is 10.1. The predicted molar refractivity (Wildman–Crippen MR) is 108 cm³/mol. The van der Waals surface area contributed by atoms with E-state index in [-0.39, 0.29) is 5.91 Å². The Labute approximate surface area is 158 Å². The van der Waals surface area contributed by atoms with E-state index in [2.05, 4.69) is 30.9 Å². The van der Waals surface area contributed by atoms with Gasteiger partial charge in [0.05, 0.1) is 15.8 Å². The molecule has 0 spiro atoms. The number of aryl methyl sites for hydroxylation is 4. The topological polar surface area (TPSA) is 49.6 Å². The van der Waals surface area contributed by atoms with Crippen molar-refractivity contribution in [3.63, 3.8) is 0 Å². The number of rotatable bonds is 5. The van der Waals surface area contributed by atoms with Gasteiger partial charge in [0.15, 0.2) is 5.13 Å². The molecule has 3 aromatic rings. The zero-order valence-corrected chi connectivity index (χ0v) is 17.0. The van der Waals surface area contributed by atoms with Crippen LogP contribution in [0.4, 0.5) is 5.13 Å². The van der Waals surface area contributed by atoms with Gasteiger partial charge >= 0.3 is 0 Å². The molecule has 0 aliphatic heterocycles. The van der Waals surface area contributed by atoms with E-state index >= 15 is 0 Å². The SMILES string of the molecule is Cc1cc(C(=O)N(CCN(C)C)c2nc3c(C)c(C)ccc3s2)c(C)o1. The fourth-order valence-corrected chi connectivity index (χ4v) is 3.95. The van der Waals surface area contributed by atoms with Crippen LogP contribution >= 0.6 is 11.3 Å². The van der Waals surface area contributed by atoms with E-state index in [1.807, 2.05) is 34.0 Å². The van der Waals surface area contributed by atoms with Gasteiger partial charge in [0.2, 0.25) is 0 Å². The van der Waals surface area contributed by atoms with Gasteiger partial charge in [-0.1, -0.05) is 17.4 Å². The van der Waals surface area contributed by atoms with Crippen LogP contribution in [-0.4, -0.2) is 43.0 Å². The number of nitrogens with zero attached hydrogens (tertiary/aromatic N) is 3. The van der Waals surface area contributed by atoms with Crippen LogP contribution in [0.15, 0.2) is 22.6 Å². The van der Waals surface area contributed by atoms with Crippen LogP contribution in [0.2, 0.25) is 0 Å². The maximum atomic E-state index is 13.2. The molecule has 26 heavy (non-hydrogen) atoms. The molecule has 0 radical (unpaired) electrons.